The summed E-state index contributed by atoms with van der Waals surface area (Å²) in [6.45, 7) is 0.827. The van der Waals surface area contributed by atoms with E-state index in [1.807, 2.05) is 30.5 Å². The topological polar surface area (TPSA) is 53.2 Å². The third-order valence-electron chi connectivity index (χ3n) is 3.95. The molecular formula is C16H14N2O2S. The molecule has 0 atom stereocenters. The molecule has 0 unspecified atom stereocenters. The molecule has 0 fully saturated rings. The summed E-state index contributed by atoms with van der Waals surface area (Å²) in [5.41, 5.74) is 3.15. The van der Waals surface area contributed by atoms with Crippen LogP contribution in [0.15, 0.2) is 59.6 Å². The normalized spacial score (nSPS) is 15.4. The molecule has 0 saturated heterocycles. The molecule has 21 heavy (non-hydrogen) atoms. The summed E-state index contributed by atoms with van der Waals surface area (Å²) >= 11 is 0. The number of H-pyrrole nitrogens is 1. The number of nitrogens with zero attached hydrogens (tertiary/aromatic N) is 1. The molecule has 2 heterocycles. The van der Waals surface area contributed by atoms with E-state index >= 15 is 0 Å². The van der Waals surface area contributed by atoms with Gasteiger partial charge in [-0.2, -0.15) is 4.31 Å². The number of nitrogens with one attached hydrogen (secondary N) is 1. The van der Waals surface area contributed by atoms with Crippen LogP contribution in [0.25, 0.3) is 10.9 Å². The van der Waals surface area contributed by atoms with Gasteiger partial charge in [-0.05, 0) is 29.3 Å². The Morgan fingerprint density at radius 3 is 2.48 bits per heavy atom. The Balaban J connectivity index is 1.80. The fourth-order valence-corrected chi connectivity index (χ4v) is 4.36. The third kappa shape index (κ3) is 1.89. The monoisotopic (exact) mass is 298 g/mol. The van der Waals surface area contributed by atoms with Crippen LogP contribution in [0.4, 0.5) is 0 Å². The Kier molecular flexibility index (Phi) is 2.67. The maximum absolute atomic E-state index is 12.8. The van der Waals surface area contributed by atoms with Crippen molar-refractivity contribution < 1.29 is 8.42 Å². The van der Waals surface area contributed by atoms with Gasteiger partial charge in [0.25, 0.3) is 0 Å². The van der Waals surface area contributed by atoms with E-state index < -0.39 is 10.0 Å². The van der Waals surface area contributed by atoms with Crippen LogP contribution in [0, 0.1) is 0 Å². The van der Waals surface area contributed by atoms with Crippen molar-refractivity contribution in [2.45, 2.75) is 18.0 Å². The van der Waals surface area contributed by atoms with Crippen molar-refractivity contribution in [2.75, 3.05) is 0 Å². The zero-order chi connectivity index (χ0) is 14.4. The Morgan fingerprint density at radius 1 is 0.905 bits per heavy atom. The Morgan fingerprint density at radius 2 is 1.67 bits per heavy atom. The summed E-state index contributed by atoms with van der Waals surface area (Å²) in [6, 6.07) is 14.6. The van der Waals surface area contributed by atoms with Gasteiger partial charge in [-0.3, -0.25) is 0 Å². The Labute approximate surface area is 123 Å². The number of hydrogen-bond donors (Lipinski definition) is 1. The van der Waals surface area contributed by atoms with Gasteiger partial charge in [0.2, 0.25) is 10.0 Å². The van der Waals surface area contributed by atoms with E-state index in [-0.39, 0.29) is 0 Å². The van der Waals surface area contributed by atoms with Crippen molar-refractivity contribution in [1.82, 2.24) is 9.29 Å². The second kappa shape index (κ2) is 4.44. The van der Waals surface area contributed by atoms with E-state index in [4.69, 9.17) is 0 Å². The van der Waals surface area contributed by atoms with Gasteiger partial charge in [-0.25, -0.2) is 8.42 Å². The summed E-state index contributed by atoms with van der Waals surface area (Å²) in [5, 5.41) is 1.16. The molecular weight excluding hydrogens is 284 g/mol. The van der Waals surface area contributed by atoms with Crippen molar-refractivity contribution in [2.24, 2.45) is 0 Å². The van der Waals surface area contributed by atoms with Crippen LogP contribution < -0.4 is 0 Å². The van der Waals surface area contributed by atoms with Gasteiger partial charge >= 0.3 is 0 Å². The minimum atomic E-state index is -3.46. The number of sulfonamides is 1. The smallest absolute Gasteiger partial charge is 0.243 e. The lowest BCUT2D eigenvalue weighted by molar-refractivity contribution is 0.396. The molecule has 3 aromatic rings. The van der Waals surface area contributed by atoms with E-state index in [1.54, 1.807) is 24.3 Å². The maximum Gasteiger partial charge on any atom is 0.243 e. The van der Waals surface area contributed by atoms with Gasteiger partial charge in [0.1, 0.15) is 0 Å². The molecule has 0 saturated carbocycles. The molecule has 106 valence electrons. The average Bonchev–Trinajstić information content (AvgIpc) is 2.93. The lowest BCUT2D eigenvalue weighted by Gasteiger charge is -2.26. The zero-order valence-electron chi connectivity index (χ0n) is 11.3. The molecule has 0 bridgehead atoms. The molecule has 4 nitrogen and oxygen atoms in total. The molecule has 1 aliphatic rings. The van der Waals surface area contributed by atoms with E-state index in [9.17, 15) is 8.42 Å². The van der Waals surface area contributed by atoms with Gasteiger partial charge in [0.05, 0.1) is 4.90 Å². The zero-order valence-corrected chi connectivity index (χ0v) is 12.1. The lowest BCUT2D eigenvalue weighted by atomic mass is 10.0. The molecule has 0 spiro atoms. The average molecular weight is 298 g/mol. The van der Waals surface area contributed by atoms with Crippen LogP contribution in [0.3, 0.4) is 0 Å². The molecule has 1 N–H and O–H groups in total. The van der Waals surface area contributed by atoms with Gasteiger partial charge < -0.3 is 4.98 Å². The first-order chi connectivity index (χ1) is 10.2. The highest BCUT2D eigenvalue weighted by Crippen LogP contribution is 2.32. The maximum atomic E-state index is 12.8. The van der Waals surface area contributed by atoms with Crippen LogP contribution in [0.2, 0.25) is 0 Å². The summed E-state index contributed by atoms with van der Waals surface area (Å²) in [5.74, 6) is 0. The summed E-state index contributed by atoms with van der Waals surface area (Å²) in [4.78, 5) is 3.55. The van der Waals surface area contributed by atoms with Gasteiger partial charge in [0.15, 0.2) is 0 Å². The van der Waals surface area contributed by atoms with E-state index in [1.165, 1.54) is 4.31 Å². The first kappa shape index (κ1) is 12.6. The Hall–Kier alpha value is -2.11. The van der Waals surface area contributed by atoms with Crippen LogP contribution in [-0.2, 0) is 23.1 Å². The SMILES string of the molecule is O=S(=O)(c1ccccc1)N1Cc2cccc3[nH]cc(c23)C1. The number of benzene rings is 2. The van der Waals surface area contributed by atoms with Gasteiger partial charge in [0, 0.05) is 30.2 Å². The quantitative estimate of drug-likeness (QED) is 0.791. The molecule has 4 rings (SSSR count). The largest absolute Gasteiger partial charge is 0.361 e. The van der Waals surface area contributed by atoms with Crippen LogP contribution in [0.1, 0.15) is 11.1 Å². The number of hydrogen-bond acceptors (Lipinski definition) is 2. The van der Waals surface area contributed by atoms with Gasteiger partial charge in [-0.1, -0.05) is 30.3 Å². The number of rotatable bonds is 2. The lowest BCUT2D eigenvalue weighted by Crippen LogP contribution is -2.32. The fraction of sp³-hybridized carbons (Fsp3) is 0.125. The second-order valence-electron chi connectivity index (χ2n) is 5.24. The first-order valence-electron chi connectivity index (χ1n) is 6.79. The van der Waals surface area contributed by atoms with Crippen molar-refractivity contribution in [3.05, 3.63) is 65.9 Å². The second-order valence-corrected chi connectivity index (χ2v) is 7.18. The summed E-state index contributed by atoms with van der Waals surface area (Å²) in [7, 11) is -3.46. The van der Waals surface area contributed by atoms with Crippen LogP contribution >= 0.6 is 0 Å². The standard InChI is InChI=1S/C16H14N2O2S/c19-21(20,14-6-2-1-3-7-14)18-10-12-5-4-8-15-16(12)13(11-18)9-17-15/h1-9,17H,10-11H2. The van der Waals surface area contributed by atoms with E-state index in [0.29, 0.717) is 18.0 Å². The van der Waals surface area contributed by atoms with E-state index in [2.05, 4.69) is 4.98 Å². The Bertz CT molecular complexity index is 914. The molecule has 1 aromatic heterocycles. The molecule has 2 aromatic carbocycles. The predicted octanol–water partition coefficient (Wildman–Crippen LogP) is 2.87. The highest BCUT2D eigenvalue weighted by atomic mass is 32.2. The predicted molar refractivity (Wildman–Crippen MR) is 81.2 cm³/mol. The minimum absolute atomic E-state index is 0.344. The van der Waals surface area contributed by atoms with Crippen molar-refractivity contribution in [3.8, 4) is 0 Å². The summed E-state index contributed by atoms with van der Waals surface area (Å²) < 4.78 is 27.0. The van der Waals surface area contributed by atoms with Crippen molar-refractivity contribution >= 4 is 20.9 Å². The van der Waals surface area contributed by atoms with Crippen molar-refractivity contribution in [1.29, 1.82) is 0 Å². The molecule has 0 radical (unpaired) electrons. The number of aromatic nitrogens is 1. The third-order valence-corrected chi connectivity index (χ3v) is 5.75. The highest BCUT2D eigenvalue weighted by molar-refractivity contribution is 7.89. The van der Waals surface area contributed by atoms with Crippen LogP contribution in [0.5, 0.6) is 0 Å². The molecule has 1 aliphatic heterocycles. The summed E-state index contributed by atoms with van der Waals surface area (Å²) in [6.07, 6.45) is 1.90. The molecule has 5 heteroatoms. The van der Waals surface area contributed by atoms with Crippen molar-refractivity contribution in [3.63, 3.8) is 0 Å². The highest BCUT2D eigenvalue weighted by Gasteiger charge is 2.29. The van der Waals surface area contributed by atoms with Gasteiger partial charge in [-0.15, -0.1) is 0 Å². The van der Waals surface area contributed by atoms with Crippen LogP contribution in [-0.4, -0.2) is 17.7 Å². The molecule has 0 amide bonds. The molecule has 0 aliphatic carbocycles. The number of aromatic amines is 1. The first-order valence-corrected chi connectivity index (χ1v) is 8.23. The fourth-order valence-electron chi connectivity index (χ4n) is 2.94. The minimum Gasteiger partial charge on any atom is -0.361 e. The van der Waals surface area contributed by atoms with E-state index in [0.717, 1.165) is 22.0 Å².